The van der Waals surface area contributed by atoms with E-state index in [9.17, 15) is 8.42 Å². The van der Waals surface area contributed by atoms with Crippen LogP contribution in [0.15, 0.2) is 49.1 Å². The standard InChI is InChI=1S/C19H21NO4S/c1-3-6-16-15-11-13(12-25(20,21)22)9-10-14(15)19-17(23-4-2)7-5-8-18(19)24-16/h3,5,7-11,16H,1,4,6,12H2,2H3,(H2,20,21,22). The molecule has 3 rings (SSSR count). The van der Waals surface area contributed by atoms with E-state index in [1.54, 1.807) is 12.1 Å². The van der Waals surface area contributed by atoms with Gasteiger partial charge in [0.2, 0.25) is 10.0 Å². The molecule has 2 N–H and O–H groups in total. The Morgan fingerprint density at radius 3 is 2.80 bits per heavy atom. The van der Waals surface area contributed by atoms with E-state index in [1.807, 2.05) is 37.3 Å². The van der Waals surface area contributed by atoms with Gasteiger partial charge in [-0.15, -0.1) is 6.58 Å². The van der Waals surface area contributed by atoms with Gasteiger partial charge in [0.15, 0.2) is 0 Å². The van der Waals surface area contributed by atoms with Gasteiger partial charge in [-0.1, -0.05) is 30.3 Å². The van der Waals surface area contributed by atoms with E-state index >= 15 is 0 Å². The number of fused-ring (bicyclic) bond motifs is 3. The maximum atomic E-state index is 11.4. The Balaban J connectivity index is 2.16. The highest BCUT2D eigenvalue weighted by molar-refractivity contribution is 7.88. The van der Waals surface area contributed by atoms with E-state index in [-0.39, 0.29) is 11.9 Å². The second-order valence-corrected chi connectivity index (χ2v) is 7.54. The molecular formula is C19H21NO4S. The molecule has 2 aromatic carbocycles. The predicted octanol–water partition coefficient (Wildman–Crippen LogP) is 3.55. The molecule has 6 heteroatoms. The van der Waals surface area contributed by atoms with Gasteiger partial charge in [0.25, 0.3) is 0 Å². The van der Waals surface area contributed by atoms with Gasteiger partial charge in [-0.2, -0.15) is 0 Å². The Morgan fingerprint density at radius 1 is 1.32 bits per heavy atom. The lowest BCUT2D eigenvalue weighted by Crippen LogP contribution is -2.17. The molecule has 1 aliphatic heterocycles. The summed E-state index contributed by atoms with van der Waals surface area (Å²) >= 11 is 0. The van der Waals surface area contributed by atoms with Gasteiger partial charge in [0.1, 0.15) is 17.6 Å². The maximum Gasteiger partial charge on any atom is 0.213 e. The highest BCUT2D eigenvalue weighted by atomic mass is 32.2. The smallest absolute Gasteiger partial charge is 0.213 e. The van der Waals surface area contributed by atoms with Crippen molar-refractivity contribution in [1.82, 2.24) is 0 Å². The molecule has 1 heterocycles. The van der Waals surface area contributed by atoms with Gasteiger partial charge >= 0.3 is 0 Å². The van der Waals surface area contributed by atoms with Crippen LogP contribution in [0.2, 0.25) is 0 Å². The summed E-state index contributed by atoms with van der Waals surface area (Å²) < 4.78 is 34.7. The number of nitrogens with two attached hydrogens (primary N) is 1. The fourth-order valence-electron chi connectivity index (χ4n) is 3.12. The van der Waals surface area contributed by atoms with Gasteiger partial charge in [-0.25, -0.2) is 13.6 Å². The average Bonchev–Trinajstić information content (AvgIpc) is 2.54. The molecule has 0 saturated carbocycles. The summed E-state index contributed by atoms with van der Waals surface area (Å²) in [7, 11) is -3.60. The first-order chi connectivity index (χ1) is 11.9. The summed E-state index contributed by atoms with van der Waals surface area (Å²) in [4.78, 5) is 0. The molecule has 0 radical (unpaired) electrons. The summed E-state index contributed by atoms with van der Waals surface area (Å²) in [6, 6.07) is 11.3. The quantitative estimate of drug-likeness (QED) is 0.800. The summed E-state index contributed by atoms with van der Waals surface area (Å²) in [6.45, 7) is 6.27. The molecule has 25 heavy (non-hydrogen) atoms. The molecule has 0 aromatic heterocycles. The van der Waals surface area contributed by atoms with Crippen molar-refractivity contribution in [3.05, 3.63) is 60.2 Å². The van der Waals surface area contributed by atoms with E-state index in [0.29, 0.717) is 18.6 Å². The van der Waals surface area contributed by atoms with E-state index < -0.39 is 10.0 Å². The first kappa shape index (κ1) is 17.5. The number of hydrogen-bond acceptors (Lipinski definition) is 4. The van der Waals surface area contributed by atoms with Crippen LogP contribution >= 0.6 is 0 Å². The van der Waals surface area contributed by atoms with Crippen LogP contribution in [-0.2, 0) is 15.8 Å². The van der Waals surface area contributed by atoms with Crippen LogP contribution in [0.25, 0.3) is 11.1 Å². The highest BCUT2D eigenvalue weighted by Gasteiger charge is 2.28. The topological polar surface area (TPSA) is 78.6 Å². The van der Waals surface area contributed by atoms with Crippen molar-refractivity contribution >= 4 is 10.0 Å². The molecule has 1 aliphatic rings. The third kappa shape index (κ3) is 3.70. The molecule has 1 unspecified atom stereocenters. The monoisotopic (exact) mass is 359 g/mol. The lowest BCUT2D eigenvalue weighted by molar-refractivity contribution is 0.204. The first-order valence-electron chi connectivity index (χ1n) is 8.10. The second-order valence-electron chi connectivity index (χ2n) is 5.92. The van der Waals surface area contributed by atoms with Crippen LogP contribution in [0.4, 0.5) is 0 Å². The van der Waals surface area contributed by atoms with E-state index in [1.165, 1.54) is 0 Å². The Morgan fingerprint density at radius 2 is 2.12 bits per heavy atom. The van der Waals surface area contributed by atoms with Crippen LogP contribution in [0.1, 0.15) is 30.6 Å². The zero-order valence-electron chi connectivity index (χ0n) is 14.1. The molecule has 0 amide bonds. The molecule has 0 aliphatic carbocycles. The molecule has 0 spiro atoms. The van der Waals surface area contributed by atoms with Crippen LogP contribution in [-0.4, -0.2) is 15.0 Å². The zero-order chi connectivity index (χ0) is 18.0. The lowest BCUT2D eigenvalue weighted by Gasteiger charge is -2.30. The van der Waals surface area contributed by atoms with Crippen LogP contribution in [0.5, 0.6) is 11.5 Å². The number of primary sulfonamides is 1. The van der Waals surface area contributed by atoms with Gasteiger partial charge in [0.05, 0.1) is 17.9 Å². The summed E-state index contributed by atoms with van der Waals surface area (Å²) in [6.07, 6.45) is 2.18. The van der Waals surface area contributed by atoms with Gasteiger partial charge in [-0.05, 0) is 30.2 Å². The summed E-state index contributed by atoms with van der Waals surface area (Å²) in [5.41, 5.74) is 3.43. The zero-order valence-corrected chi connectivity index (χ0v) is 14.9. The minimum atomic E-state index is -3.60. The number of benzene rings is 2. The van der Waals surface area contributed by atoms with Gasteiger partial charge < -0.3 is 9.47 Å². The van der Waals surface area contributed by atoms with E-state index in [2.05, 4.69) is 6.58 Å². The van der Waals surface area contributed by atoms with Crippen LogP contribution < -0.4 is 14.6 Å². The fourth-order valence-corrected chi connectivity index (χ4v) is 3.77. The van der Waals surface area contributed by atoms with Gasteiger partial charge in [0, 0.05) is 12.0 Å². The largest absolute Gasteiger partial charge is 0.493 e. The Labute approximate surface area is 148 Å². The van der Waals surface area contributed by atoms with E-state index in [4.69, 9.17) is 14.6 Å². The lowest BCUT2D eigenvalue weighted by atomic mass is 9.89. The summed E-state index contributed by atoms with van der Waals surface area (Å²) in [5, 5.41) is 5.18. The number of ether oxygens (including phenoxy) is 2. The Hall–Kier alpha value is -2.31. The first-order valence-corrected chi connectivity index (χ1v) is 9.81. The molecule has 0 saturated heterocycles. The van der Waals surface area contributed by atoms with Crippen LogP contribution in [0.3, 0.4) is 0 Å². The third-order valence-electron chi connectivity index (χ3n) is 4.04. The van der Waals surface area contributed by atoms with Crippen molar-refractivity contribution in [3.8, 4) is 22.6 Å². The van der Waals surface area contributed by atoms with Crippen molar-refractivity contribution in [2.45, 2.75) is 25.2 Å². The average molecular weight is 359 g/mol. The number of rotatable bonds is 6. The molecule has 2 aromatic rings. The van der Waals surface area contributed by atoms with Crippen LogP contribution in [0, 0.1) is 0 Å². The number of hydrogen-bond donors (Lipinski definition) is 1. The molecule has 0 fully saturated rings. The minimum Gasteiger partial charge on any atom is -0.493 e. The molecule has 0 bridgehead atoms. The fraction of sp³-hybridized carbons (Fsp3) is 0.263. The third-order valence-corrected chi connectivity index (χ3v) is 4.77. The second kappa shape index (κ2) is 6.90. The van der Waals surface area contributed by atoms with Crippen molar-refractivity contribution in [2.24, 2.45) is 5.14 Å². The molecular weight excluding hydrogens is 338 g/mol. The van der Waals surface area contributed by atoms with Crippen molar-refractivity contribution in [3.63, 3.8) is 0 Å². The predicted molar refractivity (Wildman–Crippen MR) is 98.0 cm³/mol. The number of sulfonamides is 1. The highest BCUT2D eigenvalue weighted by Crippen LogP contribution is 2.48. The molecule has 5 nitrogen and oxygen atoms in total. The minimum absolute atomic E-state index is 0.207. The molecule has 1 atom stereocenters. The van der Waals surface area contributed by atoms with Crippen molar-refractivity contribution < 1.29 is 17.9 Å². The normalized spacial score (nSPS) is 15.7. The maximum absolute atomic E-state index is 11.4. The molecule has 132 valence electrons. The van der Waals surface area contributed by atoms with Gasteiger partial charge in [-0.3, -0.25) is 0 Å². The van der Waals surface area contributed by atoms with E-state index in [0.717, 1.165) is 28.2 Å². The summed E-state index contributed by atoms with van der Waals surface area (Å²) in [5.74, 6) is 1.29. The van der Waals surface area contributed by atoms with Crippen molar-refractivity contribution in [2.75, 3.05) is 6.61 Å². The van der Waals surface area contributed by atoms with Crippen molar-refractivity contribution in [1.29, 1.82) is 0 Å². The Bertz CT molecular complexity index is 906. The SMILES string of the molecule is C=CCC1Oc2cccc(OCC)c2-c2ccc(CS(N)(=O)=O)cc21. The Kier molecular flexibility index (Phi) is 4.83.